The van der Waals surface area contributed by atoms with Crippen molar-refractivity contribution in [3.63, 3.8) is 0 Å². The van der Waals surface area contributed by atoms with Crippen LogP contribution in [0.25, 0.3) is 0 Å². The first-order valence-electron chi connectivity index (χ1n) is 16.9. The summed E-state index contributed by atoms with van der Waals surface area (Å²) in [5.41, 5.74) is 3.87. The van der Waals surface area contributed by atoms with Gasteiger partial charge in [0.05, 0.1) is 11.3 Å². The normalized spacial score (nSPS) is 26.0. The Bertz CT molecular complexity index is 1380. The molecule has 0 aromatic carbocycles. The van der Waals surface area contributed by atoms with Crippen LogP contribution in [0.3, 0.4) is 0 Å². The Hall–Kier alpha value is -2.74. The molecule has 14 heteroatoms. The second-order valence-corrected chi connectivity index (χ2v) is 19.4. The van der Waals surface area contributed by atoms with Gasteiger partial charge in [-0.3, -0.25) is 19.2 Å². The SMILES string of the molecule is CN(C[C@@H](NC(=O)N[C@H](C(=O)N1C[C@H]2C([C@H]1C(=O)NC(CC1CCC1)C(=O)C(N)=O)C2(C)C)C(C)(C)C)C(C)(C)C)S(=O)(=O)C1CC1. The fourth-order valence-corrected chi connectivity index (χ4v) is 8.80. The second-order valence-electron chi connectivity index (χ2n) is 17.1. The molecule has 13 nitrogen and oxygen atoms in total. The van der Waals surface area contributed by atoms with Gasteiger partial charge in [-0.05, 0) is 53.3 Å². The molecule has 3 aliphatic carbocycles. The van der Waals surface area contributed by atoms with Gasteiger partial charge in [-0.2, -0.15) is 0 Å². The fraction of sp³-hybridized carbons (Fsp3) is 0.848. The van der Waals surface area contributed by atoms with Gasteiger partial charge in [0, 0.05) is 26.2 Å². The Morgan fingerprint density at radius 3 is 2.00 bits per heavy atom. The zero-order valence-corrected chi connectivity index (χ0v) is 30.3. The van der Waals surface area contributed by atoms with Crippen LogP contribution in [-0.2, 0) is 29.2 Å². The van der Waals surface area contributed by atoms with Crippen LogP contribution in [0.15, 0.2) is 0 Å². The summed E-state index contributed by atoms with van der Waals surface area (Å²) in [7, 11) is -1.94. The molecule has 0 aromatic heterocycles. The van der Waals surface area contributed by atoms with E-state index in [9.17, 15) is 32.4 Å². The van der Waals surface area contributed by atoms with Gasteiger partial charge in [0.25, 0.3) is 5.91 Å². The molecule has 6 atom stereocenters. The number of carbonyl (C=O) groups excluding carboxylic acids is 5. The van der Waals surface area contributed by atoms with E-state index in [4.69, 9.17) is 5.73 Å². The van der Waals surface area contributed by atoms with E-state index in [0.29, 0.717) is 25.8 Å². The maximum absolute atomic E-state index is 14.3. The van der Waals surface area contributed by atoms with E-state index in [1.54, 1.807) is 0 Å². The van der Waals surface area contributed by atoms with Gasteiger partial charge in [0.2, 0.25) is 27.6 Å². The van der Waals surface area contributed by atoms with Crippen LogP contribution in [0.2, 0.25) is 0 Å². The minimum Gasteiger partial charge on any atom is -0.363 e. The van der Waals surface area contributed by atoms with Gasteiger partial charge in [-0.1, -0.05) is 74.7 Å². The van der Waals surface area contributed by atoms with E-state index >= 15 is 0 Å². The van der Waals surface area contributed by atoms with E-state index in [1.165, 1.54) is 16.3 Å². The van der Waals surface area contributed by atoms with Crippen LogP contribution < -0.4 is 21.7 Å². The molecular weight excluding hydrogens is 624 g/mol. The minimum absolute atomic E-state index is 0.0581. The number of amides is 5. The molecule has 1 heterocycles. The van der Waals surface area contributed by atoms with E-state index in [0.717, 1.165) is 19.3 Å². The van der Waals surface area contributed by atoms with Crippen molar-refractivity contribution in [1.82, 2.24) is 25.2 Å². The summed E-state index contributed by atoms with van der Waals surface area (Å²) in [6, 6.07) is -4.14. The average Bonchev–Trinajstić information content (AvgIpc) is 3.80. The zero-order chi connectivity index (χ0) is 35.4. The number of sulfonamides is 1. The lowest BCUT2D eigenvalue weighted by Gasteiger charge is -2.39. The number of hydrogen-bond donors (Lipinski definition) is 4. The predicted octanol–water partition coefficient (Wildman–Crippen LogP) is 1.75. The highest BCUT2D eigenvalue weighted by molar-refractivity contribution is 7.90. The molecule has 1 aliphatic heterocycles. The number of nitrogens with zero attached hydrogens (tertiary/aromatic N) is 2. The molecule has 5 N–H and O–H groups in total. The van der Waals surface area contributed by atoms with Crippen LogP contribution in [-0.4, -0.2) is 96.7 Å². The van der Waals surface area contributed by atoms with Gasteiger partial charge < -0.3 is 26.6 Å². The van der Waals surface area contributed by atoms with Gasteiger partial charge in [-0.25, -0.2) is 17.5 Å². The molecule has 0 spiro atoms. The van der Waals surface area contributed by atoms with Gasteiger partial charge in [0.1, 0.15) is 12.1 Å². The standard InChI is InChI=1S/C33H56N6O7S/c1-31(2,3)22(17-38(9)47(45,46)19-13-14-19)36-30(44)37-26(32(4,5)6)29(43)39-16-20-23(33(20,7)8)24(39)28(42)35-21(25(40)27(34)41)15-18-11-10-12-18/h18-24,26H,10-17H2,1-9H3,(H2,34,41)(H,35,42)(H2,36,37,44)/t20-,21?,22+,23?,24-,26+/m0/s1. The lowest BCUT2D eigenvalue weighted by Crippen LogP contribution is -2.62. The summed E-state index contributed by atoms with van der Waals surface area (Å²) in [5, 5.41) is 8.18. The number of rotatable bonds is 13. The monoisotopic (exact) mass is 680 g/mol. The van der Waals surface area contributed by atoms with Gasteiger partial charge in [-0.15, -0.1) is 0 Å². The summed E-state index contributed by atoms with van der Waals surface area (Å²) in [6.07, 6.45) is 4.44. The Morgan fingerprint density at radius 2 is 1.53 bits per heavy atom. The molecule has 47 heavy (non-hydrogen) atoms. The van der Waals surface area contributed by atoms with E-state index in [2.05, 4.69) is 16.0 Å². The number of urea groups is 1. The first-order valence-corrected chi connectivity index (χ1v) is 18.4. The summed E-state index contributed by atoms with van der Waals surface area (Å²) >= 11 is 0. The summed E-state index contributed by atoms with van der Waals surface area (Å²) < 4.78 is 27.0. The topological polar surface area (TPSA) is 188 Å². The van der Waals surface area contributed by atoms with Crippen LogP contribution in [0.5, 0.6) is 0 Å². The van der Waals surface area contributed by atoms with Crippen molar-refractivity contribution in [2.45, 2.75) is 123 Å². The number of carbonyl (C=O) groups is 5. The first-order chi connectivity index (χ1) is 21.5. The predicted molar refractivity (Wildman–Crippen MR) is 177 cm³/mol. The highest BCUT2D eigenvalue weighted by atomic mass is 32.2. The number of primary amides is 1. The number of piperidine rings is 1. The number of likely N-dealkylation sites (tertiary alicyclic amines) is 1. The quantitative estimate of drug-likeness (QED) is 0.213. The van der Waals surface area contributed by atoms with E-state index in [-0.39, 0.29) is 35.0 Å². The van der Waals surface area contributed by atoms with Crippen molar-refractivity contribution in [2.75, 3.05) is 20.1 Å². The first kappa shape index (κ1) is 37.1. The number of fused-ring (bicyclic) bond motifs is 1. The largest absolute Gasteiger partial charge is 0.363 e. The molecule has 0 bridgehead atoms. The van der Waals surface area contributed by atoms with Crippen molar-refractivity contribution in [1.29, 1.82) is 0 Å². The van der Waals surface area contributed by atoms with Crippen molar-refractivity contribution in [2.24, 2.45) is 39.7 Å². The highest BCUT2D eigenvalue weighted by Crippen LogP contribution is 2.65. The van der Waals surface area contributed by atoms with Crippen molar-refractivity contribution in [3.8, 4) is 0 Å². The Kier molecular flexibility index (Phi) is 10.2. The third kappa shape index (κ3) is 7.95. The summed E-state index contributed by atoms with van der Waals surface area (Å²) in [4.78, 5) is 67.9. The number of likely N-dealkylation sites (N-methyl/N-ethyl adjacent to an activating group) is 1. The van der Waals surface area contributed by atoms with Crippen molar-refractivity contribution >= 4 is 39.6 Å². The second kappa shape index (κ2) is 12.9. The molecule has 4 fully saturated rings. The summed E-state index contributed by atoms with van der Waals surface area (Å²) in [5.74, 6) is -2.75. The van der Waals surface area contributed by atoms with Gasteiger partial charge >= 0.3 is 6.03 Å². The highest BCUT2D eigenvalue weighted by Gasteiger charge is 2.70. The number of hydrogen-bond acceptors (Lipinski definition) is 7. The Morgan fingerprint density at radius 1 is 0.936 bits per heavy atom. The number of nitrogens with one attached hydrogen (secondary N) is 3. The smallest absolute Gasteiger partial charge is 0.315 e. The van der Waals surface area contributed by atoms with Crippen LogP contribution in [0.1, 0.15) is 93.9 Å². The third-order valence-corrected chi connectivity index (χ3v) is 13.3. The van der Waals surface area contributed by atoms with Crippen LogP contribution in [0, 0.1) is 34.0 Å². The summed E-state index contributed by atoms with van der Waals surface area (Å²) in [6.45, 7) is 15.7. The lowest BCUT2D eigenvalue weighted by molar-refractivity contribution is -0.145. The van der Waals surface area contributed by atoms with E-state index < -0.39 is 74.6 Å². The maximum Gasteiger partial charge on any atom is 0.315 e. The van der Waals surface area contributed by atoms with Crippen LogP contribution in [0.4, 0.5) is 4.79 Å². The molecule has 0 radical (unpaired) electrons. The molecule has 266 valence electrons. The van der Waals surface area contributed by atoms with Gasteiger partial charge in [0.15, 0.2) is 0 Å². The number of Topliss-reactive ketones (excluding diaryl/α,β-unsaturated/α-hetero) is 1. The number of ketones is 1. The third-order valence-electron chi connectivity index (χ3n) is 11.0. The molecule has 2 unspecified atom stereocenters. The average molecular weight is 681 g/mol. The Labute approximate surface area is 279 Å². The fourth-order valence-electron chi connectivity index (χ4n) is 7.20. The molecule has 5 amide bonds. The molecule has 0 aromatic rings. The molecule has 4 rings (SSSR count). The minimum atomic E-state index is -3.46. The molecule has 3 saturated carbocycles. The molecule has 4 aliphatic rings. The molecular formula is C33H56N6O7S. The zero-order valence-electron chi connectivity index (χ0n) is 29.5. The molecule has 1 saturated heterocycles. The maximum atomic E-state index is 14.3. The van der Waals surface area contributed by atoms with Crippen LogP contribution >= 0.6 is 0 Å². The van der Waals surface area contributed by atoms with Crippen molar-refractivity contribution in [3.05, 3.63) is 0 Å². The lowest BCUT2D eigenvalue weighted by atomic mass is 9.80. The number of nitrogens with two attached hydrogens (primary N) is 1. The Balaban J connectivity index is 1.52. The van der Waals surface area contributed by atoms with E-state index in [1.807, 2.05) is 55.4 Å². The van der Waals surface area contributed by atoms with Crippen molar-refractivity contribution < 1.29 is 32.4 Å².